The second-order valence-electron chi connectivity index (χ2n) is 7.84. The van der Waals surface area contributed by atoms with Crippen molar-refractivity contribution in [2.24, 2.45) is 4.99 Å². The van der Waals surface area contributed by atoms with Crippen LogP contribution in [0.4, 0.5) is 0 Å². The summed E-state index contributed by atoms with van der Waals surface area (Å²) in [5.74, 6) is 0.795. The van der Waals surface area contributed by atoms with Gasteiger partial charge in [-0.15, -0.1) is 0 Å². The lowest BCUT2D eigenvalue weighted by Crippen LogP contribution is -2.48. The van der Waals surface area contributed by atoms with Crippen molar-refractivity contribution in [3.05, 3.63) is 70.2 Å². The minimum atomic E-state index is 0.0509. The van der Waals surface area contributed by atoms with Gasteiger partial charge in [0.05, 0.1) is 18.8 Å². The number of benzene rings is 2. The molecule has 1 saturated heterocycles. The van der Waals surface area contributed by atoms with Gasteiger partial charge < -0.3 is 20.3 Å². The van der Waals surface area contributed by atoms with Crippen LogP contribution in [0.3, 0.4) is 0 Å². The van der Waals surface area contributed by atoms with Gasteiger partial charge in [0.15, 0.2) is 5.96 Å². The second-order valence-corrected chi connectivity index (χ2v) is 8.28. The van der Waals surface area contributed by atoms with Crippen molar-refractivity contribution in [1.82, 2.24) is 15.5 Å². The minimum absolute atomic E-state index is 0.0509. The summed E-state index contributed by atoms with van der Waals surface area (Å²) in [5, 5.41) is 7.31. The first-order valence-corrected chi connectivity index (χ1v) is 11.1. The zero-order valence-electron chi connectivity index (χ0n) is 18.4. The van der Waals surface area contributed by atoms with Crippen molar-refractivity contribution in [2.45, 2.75) is 46.1 Å². The van der Waals surface area contributed by atoms with E-state index in [4.69, 9.17) is 16.3 Å². The van der Waals surface area contributed by atoms with Crippen molar-refractivity contribution >= 4 is 23.5 Å². The number of hydrogen-bond donors (Lipinski definition) is 2. The molecule has 0 bridgehead atoms. The molecule has 0 aromatic heterocycles. The Kier molecular flexibility index (Phi) is 8.32. The summed E-state index contributed by atoms with van der Waals surface area (Å²) < 4.78 is 5.72. The van der Waals surface area contributed by atoms with Gasteiger partial charge in [0, 0.05) is 36.8 Å². The van der Waals surface area contributed by atoms with Crippen molar-refractivity contribution in [1.29, 1.82) is 0 Å². The Labute approximate surface area is 189 Å². The van der Waals surface area contributed by atoms with Gasteiger partial charge in [-0.25, -0.2) is 4.99 Å². The molecular formula is C24H31ClN4O2. The summed E-state index contributed by atoms with van der Waals surface area (Å²) in [6, 6.07) is 15.4. The SMILES string of the molecule is CCNC(=NCc1ccc(C(=O)N2CC(C)OC(C)C2)cc1)NCc1ccc(Cl)cc1. The molecule has 2 atom stereocenters. The fraction of sp³-hybridized carbons (Fsp3) is 0.417. The molecule has 7 heteroatoms. The average Bonchev–Trinajstić information content (AvgIpc) is 2.76. The van der Waals surface area contributed by atoms with E-state index in [0.29, 0.717) is 31.7 Å². The predicted molar refractivity (Wildman–Crippen MR) is 125 cm³/mol. The molecular weight excluding hydrogens is 412 g/mol. The largest absolute Gasteiger partial charge is 0.372 e. The van der Waals surface area contributed by atoms with Crippen LogP contribution in [0.5, 0.6) is 0 Å². The lowest BCUT2D eigenvalue weighted by Gasteiger charge is -2.35. The standard InChI is InChI=1S/C24H31ClN4O2/c1-4-26-24(28-14-20-7-11-22(25)12-8-20)27-13-19-5-9-21(10-6-19)23(30)29-15-17(2)31-18(3)16-29/h5-12,17-18H,4,13-16H2,1-3H3,(H2,26,27,28). The fourth-order valence-electron chi connectivity index (χ4n) is 3.58. The van der Waals surface area contributed by atoms with Crippen molar-refractivity contribution < 1.29 is 9.53 Å². The van der Waals surface area contributed by atoms with Gasteiger partial charge in [-0.05, 0) is 56.2 Å². The first-order valence-electron chi connectivity index (χ1n) is 10.7. The third-order valence-corrected chi connectivity index (χ3v) is 5.30. The van der Waals surface area contributed by atoms with E-state index in [1.165, 1.54) is 0 Å². The molecule has 1 heterocycles. The predicted octanol–water partition coefficient (Wildman–Crippen LogP) is 3.84. The smallest absolute Gasteiger partial charge is 0.254 e. The molecule has 2 aromatic carbocycles. The van der Waals surface area contributed by atoms with Gasteiger partial charge in [0.25, 0.3) is 5.91 Å². The van der Waals surface area contributed by atoms with E-state index >= 15 is 0 Å². The van der Waals surface area contributed by atoms with Crippen LogP contribution in [0.1, 0.15) is 42.3 Å². The molecule has 2 unspecified atom stereocenters. The first kappa shape index (κ1) is 23.1. The number of carbonyl (C=O) groups excluding carboxylic acids is 1. The number of amides is 1. The van der Waals surface area contributed by atoms with Crippen molar-refractivity contribution in [2.75, 3.05) is 19.6 Å². The number of morpholine rings is 1. The Morgan fingerprint density at radius 2 is 1.65 bits per heavy atom. The van der Waals surface area contributed by atoms with E-state index in [9.17, 15) is 4.79 Å². The molecule has 0 radical (unpaired) electrons. The topological polar surface area (TPSA) is 66.0 Å². The number of guanidine groups is 1. The van der Waals surface area contributed by atoms with Crippen molar-refractivity contribution in [3.8, 4) is 0 Å². The summed E-state index contributed by atoms with van der Waals surface area (Å²) in [7, 11) is 0. The van der Waals surface area contributed by atoms with E-state index in [-0.39, 0.29) is 18.1 Å². The van der Waals surface area contributed by atoms with Crippen LogP contribution in [-0.2, 0) is 17.8 Å². The highest BCUT2D eigenvalue weighted by Gasteiger charge is 2.26. The Bertz CT molecular complexity index is 873. The molecule has 1 amide bonds. The normalized spacial score (nSPS) is 19.2. The number of aliphatic imine (C=N–C) groups is 1. The van der Waals surface area contributed by atoms with Crippen LogP contribution >= 0.6 is 11.6 Å². The van der Waals surface area contributed by atoms with Gasteiger partial charge in [0.2, 0.25) is 0 Å². The van der Waals surface area contributed by atoms with E-state index < -0.39 is 0 Å². The van der Waals surface area contributed by atoms with Gasteiger partial charge >= 0.3 is 0 Å². The number of rotatable bonds is 6. The molecule has 3 rings (SSSR count). The van der Waals surface area contributed by atoms with Crippen LogP contribution in [0.15, 0.2) is 53.5 Å². The van der Waals surface area contributed by atoms with Crippen molar-refractivity contribution in [3.63, 3.8) is 0 Å². The lowest BCUT2D eigenvalue weighted by atomic mass is 10.1. The fourth-order valence-corrected chi connectivity index (χ4v) is 3.71. The number of carbonyl (C=O) groups is 1. The number of hydrogen-bond acceptors (Lipinski definition) is 3. The minimum Gasteiger partial charge on any atom is -0.372 e. The van der Waals surface area contributed by atoms with Crippen LogP contribution in [-0.4, -0.2) is 48.6 Å². The van der Waals surface area contributed by atoms with Gasteiger partial charge in [-0.3, -0.25) is 4.79 Å². The van der Waals surface area contributed by atoms with E-state index in [1.807, 2.05) is 74.2 Å². The second kappa shape index (κ2) is 11.2. The zero-order valence-corrected chi connectivity index (χ0v) is 19.2. The summed E-state index contributed by atoms with van der Waals surface area (Å²) in [6.45, 7) is 9.24. The molecule has 0 aliphatic carbocycles. The molecule has 0 spiro atoms. The van der Waals surface area contributed by atoms with Gasteiger partial charge in [-0.1, -0.05) is 35.9 Å². The quantitative estimate of drug-likeness (QED) is 0.527. The molecule has 31 heavy (non-hydrogen) atoms. The Balaban J connectivity index is 1.58. The average molecular weight is 443 g/mol. The van der Waals surface area contributed by atoms with Crippen LogP contribution < -0.4 is 10.6 Å². The maximum absolute atomic E-state index is 12.8. The zero-order chi connectivity index (χ0) is 22.2. The Hall–Kier alpha value is -2.57. The van der Waals surface area contributed by atoms with E-state index in [1.54, 1.807) is 0 Å². The van der Waals surface area contributed by atoms with Gasteiger partial charge in [-0.2, -0.15) is 0 Å². The number of nitrogens with zero attached hydrogens (tertiary/aromatic N) is 2. The Morgan fingerprint density at radius 3 is 2.26 bits per heavy atom. The molecule has 166 valence electrons. The summed E-state index contributed by atoms with van der Waals surface area (Å²) >= 11 is 5.94. The van der Waals surface area contributed by atoms with E-state index in [0.717, 1.165) is 28.7 Å². The molecule has 0 saturated carbocycles. The summed E-state index contributed by atoms with van der Waals surface area (Å²) in [6.07, 6.45) is 0.123. The number of nitrogens with one attached hydrogen (secondary N) is 2. The Morgan fingerprint density at radius 1 is 1.03 bits per heavy atom. The maximum Gasteiger partial charge on any atom is 0.254 e. The highest BCUT2D eigenvalue weighted by molar-refractivity contribution is 6.30. The third-order valence-electron chi connectivity index (χ3n) is 5.04. The van der Waals surface area contributed by atoms with Crippen LogP contribution in [0, 0.1) is 0 Å². The number of ether oxygens (including phenoxy) is 1. The molecule has 1 aliphatic heterocycles. The summed E-state index contributed by atoms with van der Waals surface area (Å²) in [4.78, 5) is 19.3. The molecule has 6 nitrogen and oxygen atoms in total. The van der Waals surface area contributed by atoms with Crippen LogP contribution in [0.2, 0.25) is 5.02 Å². The van der Waals surface area contributed by atoms with E-state index in [2.05, 4.69) is 15.6 Å². The lowest BCUT2D eigenvalue weighted by molar-refractivity contribution is -0.0586. The molecule has 2 aromatic rings. The number of halogens is 1. The van der Waals surface area contributed by atoms with Crippen LogP contribution in [0.25, 0.3) is 0 Å². The third kappa shape index (κ3) is 6.97. The monoisotopic (exact) mass is 442 g/mol. The highest BCUT2D eigenvalue weighted by Crippen LogP contribution is 2.15. The molecule has 1 aliphatic rings. The maximum atomic E-state index is 12.8. The molecule has 1 fully saturated rings. The summed E-state index contributed by atoms with van der Waals surface area (Å²) in [5.41, 5.74) is 2.87. The first-order chi connectivity index (χ1) is 14.9. The van der Waals surface area contributed by atoms with Gasteiger partial charge in [0.1, 0.15) is 0 Å². The highest BCUT2D eigenvalue weighted by atomic mass is 35.5. The molecule has 2 N–H and O–H groups in total.